The smallest absolute Gasteiger partial charge is 0.481 e. The zero-order valence-corrected chi connectivity index (χ0v) is 17.5. The Balaban J connectivity index is 1.90. The molecule has 0 radical (unpaired) electrons. The van der Waals surface area contributed by atoms with Gasteiger partial charge < -0.3 is 14.4 Å². The van der Waals surface area contributed by atoms with E-state index in [1.807, 2.05) is 13.0 Å². The average molecular weight is 445 g/mol. The van der Waals surface area contributed by atoms with Crippen molar-refractivity contribution in [3.63, 3.8) is 0 Å². The molecule has 0 bridgehead atoms. The number of rotatable bonds is 6. The second kappa shape index (κ2) is 8.33. The summed E-state index contributed by atoms with van der Waals surface area (Å²) in [5, 5.41) is 9.87. The van der Waals surface area contributed by atoms with Gasteiger partial charge in [-0.25, -0.2) is 0 Å². The van der Waals surface area contributed by atoms with Gasteiger partial charge in [-0.05, 0) is 67.5 Å². The van der Waals surface area contributed by atoms with Crippen LogP contribution in [0.4, 0.5) is 13.2 Å². The SMILES string of the molecule is CCn1c(=O)c2c(c3ccc(-c4cc(CCC(=O)O)ccc4OC(F)(F)F)cc31)CCC2. The molecule has 0 amide bonds. The molecule has 2 aromatic carbocycles. The number of nitrogens with zero attached hydrogens (tertiary/aromatic N) is 1. The number of carbonyl (C=O) groups is 1. The maximum Gasteiger partial charge on any atom is 0.573 e. The van der Waals surface area contributed by atoms with Crippen LogP contribution in [0.15, 0.2) is 41.2 Å². The van der Waals surface area contributed by atoms with Crippen LogP contribution < -0.4 is 10.3 Å². The maximum atomic E-state index is 13.0. The molecule has 3 aromatic rings. The summed E-state index contributed by atoms with van der Waals surface area (Å²) in [5.41, 5.74) is 3.71. The molecule has 1 heterocycles. The zero-order valence-electron chi connectivity index (χ0n) is 17.5. The van der Waals surface area contributed by atoms with Crippen LogP contribution in [0, 0.1) is 0 Å². The first-order valence-corrected chi connectivity index (χ1v) is 10.5. The Kier molecular flexibility index (Phi) is 5.71. The van der Waals surface area contributed by atoms with Gasteiger partial charge in [-0.2, -0.15) is 0 Å². The molecule has 168 valence electrons. The maximum absolute atomic E-state index is 13.0. The van der Waals surface area contributed by atoms with Crippen molar-refractivity contribution in [3.05, 3.63) is 63.4 Å². The molecule has 1 aliphatic rings. The van der Waals surface area contributed by atoms with Gasteiger partial charge in [-0.3, -0.25) is 9.59 Å². The Morgan fingerprint density at radius 1 is 1.12 bits per heavy atom. The first-order chi connectivity index (χ1) is 15.2. The average Bonchev–Trinajstić information content (AvgIpc) is 3.22. The van der Waals surface area contributed by atoms with Gasteiger partial charge in [0.2, 0.25) is 0 Å². The first-order valence-electron chi connectivity index (χ1n) is 10.5. The van der Waals surface area contributed by atoms with Crippen molar-refractivity contribution < 1.29 is 27.8 Å². The minimum atomic E-state index is -4.87. The highest BCUT2D eigenvalue weighted by Gasteiger charge is 2.32. The third-order valence-corrected chi connectivity index (χ3v) is 5.86. The molecule has 0 aliphatic heterocycles. The lowest BCUT2D eigenvalue weighted by atomic mass is 9.96. The van der Waals surface area contributed by atoms with Crippen molar-refractivity contribution in [2.75, 3.05) is 0 Å². The van der Waals surface area contributed by atoms with Gasteiger partial charge in [0.1, 0.15) is 5.75 Å². The lowest BCUT2D eigenvalue weighted by Crippen LogP contribution is -2.23. The van der Waals surface area contributed by atoms with Gasteiger partial charge >= 0.3 is 12.3 Å². The number of benzene rings is 2. The summed E-state index contributed by atoms with van der Waals surface area (Å²) >= 11 is 0. The summed E-state index contributed by atoms with van der Waals surface area (Å²) < 4.78 is 45.0. The molecule has 0 fully saturated rings. The largest absolute Gasteiger partial charge is 0.573 e. The van der Waals surface area contributed by atoms with E-state index in [0.29, 0.717) is 23.2 Å². The summed E-state index contributed by atoms with van der Waals surface area (Å²) in [6.45, 7) is 2.30. The van der Waals surface area contributed by atoms with Gasteiger partial charge in [0, 0.05) is 29.5 Å². The van der Waals surface area contributed by atoms with E-state index in [4.69, 9.17) is 5.11 Å². The highest BCUT2D eigenvalue weighted by atomic mass is 19.4. The van der Waals surface area contributed by atoms with Crippen LogP contribution in [0.3, 0.4) is 0 Å². The predicted octanol–water partition coefficient (Wildman–Crippen LogP) is 5.09. The number of aliphatic carboxylic acids is 1. The lowest BCUT2D eigenvalue weighted by Gasteiger charge is -2.17. The van der Waals surface area contributed by atoms with Crippen LogP contribution in [-0.2, 0) is 30.6 Å². The van der Waals surface area contributed by atoms with Crippen molar-refractivity contribution >= 4 is 16.9 Å². The molecule has 0 saturated heterocycles. The molecule has 0 unspecified atom stereocenters. The summed E-state index contributed by atoms with van der Waals surface area (Å²) in [6.07, 6.45) is -2.39. The summed E-state index contributed by atoms with van der Waals surface area (Å²) in [7, 11) is 0. The number of hydrogen-bond donors (Lipinski definition) is 1. The van der Waals surface area contributed by atoms with Crippen LogP contribution >= 0.6 is 0 Å². The first kappa shape index (κ1) is 21.9. The number of aromatic nitrogens is 1. The van der Waals surface area contributed by atoms with E-state index in [9.17, 15) is 22.8 Å². The number of carboxylic acids is 1. The molecule has 0 saturated carbocycles. The number of hydrogen-bond acceptors (Lipinski definition) is 3. The molecule has 1 aliphatic carbocycles. The fourth-order valence-electron chi connectivity index (χ4n) is 4.46. The zero-order chi connectivity index (χ0) is 23.0. The Morgan fingerprint density at radius 2 is 1.88 bits per heavy atom. The Hall–Kier alpha value is -3.29. The number of ether oxygens (including phenoxy) is 1. The highest BCUT2D eigenvalue weighted by molar-refractivity contribution is 5.89. The predicted molar refractivity (Wildman–Crippen MR) is 114 cm³/mol. The molecule has 1 aromatic heterocycles. The monoisotopic (exact) mass is 445 g/mol. The van der Waals surface area contributed by atoms with Crippen molar-refractivity contribution in [2.45, 2.75) is 51.9 Å². The van der Waals surface area contributed by atoms with E-state index in [2.05, 4.69) is 4.74 Å². The number of alkyl halides is 3. The number of carboxylic acid groups (broad SMARTS) is 1. The quantitative estimate of drug-likeness (QED) is 0.574. The fourth-order valence-corrected chi connectivity index (χ4v) is 4.46. The molecular formula is C24H22F3NO4. The minimum Gasteiger partial charge on any atom is -0.481 e. The lowest BCUT2D eigenvalue weighted by molar-refractivity contribution is -0.274. The Bertz CT molecular complexity index is 1260. The summed E-state index contributed by atoms with van der Waals surface area (Å²) in [4.78, 5) is 23.9. The normalized spacial score (nSPS) is 13.4. The number of aryl methyl sites for hydroxylation is 3. The number of fused-ring (bicyclic) bond motifs is 3. The molecule has 0 spiro atoms. The van der Waals surface area contributed by atoms with Gasteiger partial charge in [0.05, 0.1) is 5.52 Å². The third-order valence-electron chi connectivity index (χ3n) is 5.86. The molecule has 8 heteroatoms. The minimum absolute atomic E-state index is 0.0494. The van der Waals surface area contributed by atoms with E-state index in [1.54, 1.807) is 16.7 Å². The standard InChI is InChI=1S/C24H22F3NO4/c1-2-28-20-13-15(8-9-17(20)16-4-3-5-18(16)23(28)31)19-12-14(7-11-22(29)30)6-10-21(19)32-24(25,26)27/h6,8-10,12-13H,2-5,7,11H2,1H3,(H,29,30). The summed E-state index contributed by atoms with van der Waals surface area (Å²) in [6, 6.07) is 9.46. The van der Waals surface area contributed by atoms with Crippen LogP contribution in [-0.4, -0.2) is 22.0 Å². The van der Waals surface area contributed by atoms with E-state index >= 15 is 0 Å². The van der Waals surface area contributed by atoms with E-state index in [0.717, 1.165) is 35.8 Å². The summed E-state index contributed by atoms with van der Waals surface area (Å²) in [5.74, 6) is -1.36. The second-order valence-electron chi connectivity index (χ2n) is 7.86. The van der Waals surface area contributed by atoms with Crippen molar-refractivity contribution in [2.24, 2.45) is 0 Å². The molecule has 1 N–H and O–H groups in total. The molecule has 32 heavy (non-hydrogen) atoms. The number of halogens is 3. The molecule has 0 atom stereocenters. The Morgan fingerprint density at radius 3 is 2.56 bits per heavy atom. The molecule has 4 rings (SSSR count). The van der Waals surface area contributed by atoms with Gasteiger partial charge in [-0.1, -0.05) is 18.2 Å². The van der Waals surface area contributed by atoms with Gasteiger partial charge in [-0.15, -0.1) is 13.2 Å². The highest BCUT2D eigenvalue weighted by Crippen LogP contribution is 2.37. The van der Waals surface area contributed by atoms with Crippen molar-refractivity contribution in [3.8, 4) is 16.9 Å². The molecule has 5 nitrogen and oxygen atoms in total. The van der Waals surface area contributed by atoms with Crippen molar-refractivity contribution in [1.82, 2.24) is 4.57 Å². The molecular weight excluding hydrogens is 423 g/mol. The van der Waals surface area contributed by atoms with Gasteiger partial charge in [0.25, 0.3) is 5.56 Å². The van der Waals surface area contributed by atoms with Crippen LogP contribution in [0.25, 0.3) is 22.0 Å². The Labute approximate surface area is 182 Å². The van der Waals surface area contributed by atoms with Gasteiger partial charge in [0.15, 0.2) is 0 Å². The van der Waals surface area contributed by atoms with Crippen LogP contribution in [0.5, 0.6) is 5.75 Å². The van der Waals surface area contributed by atoms with Crippen LogP contribution in [0.2, 0.25) is 0 Å². The second-order valence-corrected chi connectivity index (χ2v) is 7.86. The third kappa shape index (κ3) is 4.22. The van der Waals surface area contributed by atoms with E-state index in [1.165, 1.54) is 18.2 Å². The van der Waals surface area contributed by atoms with Crippen molar-refractivity contribution in [1.29, 1.82) is 0 Å². The van der Waals surface area contributed by atoms with E-state index < -0.39 is 12.3 Å². The van der Waals surface area contributed by atoms with Crippen LogP contribution in [0.1, 0.15) is 36.5 Å². The van der Waals surface area contributed by atoms with E-state index in [-0.39, 0.29) is 29.7 Å². The number of pyridine rings is 1. The fraction of sp³-hybridized carbons (Fsp3) is 0.333. The topological polar surface area (TPSA) is 68.5 Å².